The molecule has 1 amide bonds. The van der Waals surface area contributed by atoms with E-state index in [2.05, 4.69) is 15.5 Å². The van der Waals surface area contributed by atoms with Gasteiger partial charge < -0.3 is 15.3 Å². The number of aromatic nitrogens is 2. The van der Waals surface area contributed by atoms with E-state index in [0.29, 0.717) is 25.3 Å². The number of hydrogen-bond donors (Lipinski definition) is 2. The molecule has 7 heteroatoms. The molecule has 0 radical (unpaired) electrons. The number of carboxylic acid groups (broad SMARTS) is 1. The topological polar surface area (TPSA) is 95.4 Å². The summed E-state index contributed by atoms with van der Waals surface area (Å²) in [5.74, 6) is -0.636. The molecule has 2 N–H and O–H groups in total. The number of carbonyl (C=O) groups is 2. The fraction of sp³-hybridized carbons (Fsp3) is 0.500. The van der Waals surface area contributed by atoms with Gasteiger partial charge in [0.25, 0.3) is 5.91 Å². The Morgan fingerprint density at radius 1 is 1.47 bits per heavy atom. The van der Waals surface area contributed by atoms with Crippen LogP contribution in [-0.4, -0.2) is 46.3 Å². The number of amides is 1. The second-order valence-corrected chi connectivity index (χ2v) is 4.33. The lowest BCUT2D eigenvalue weighted by Gasteiger charge is -2.21. The summed E-state index contributed by atoms with van der Waals surface area (Å²) in [6.45, 7) is 2.99. The van der Waals surface area contributed by atoms with Crippen LogP contribution in [0.2, 0.25) is 0 Å². The molecule has 1 aromatic rings. The first kappa shape index (κ1) is 13.3. The van der Waals surface area contributed by atoms with E-state index in [0.717, 1.165) is 6.42 Å². The molecule has 0 aliphatic carbocycles. The molecule has 1 aliphatic heterocycles. The van der Waals surface area contributed by atoms with Gasteiger partial charge in [0.15, 0.2) is 11.5 Å². The van der Waals surface area contributed by atoms with Crippen molar-refractivity contribution in [3.05, 3.63) is 17.8 Å². The van der Waals surface area contributed by atoms with Crippen molar-refractivity contribution < 1.29 is 14.7 Å². The van der Waals surface area contributed by atoms with Gasteiger partial charge in [-0.3, -0.25) is 4.79 Å². The van der Waals surface area contributed by atoms with Crippen molar-refractivity contribution in [2.45, 2.75) is 25.8 Å². The van der Waals surface area contributed by atoms with Gasteiger partial charge >= 0.3 is 5.97 Å². The van der Waals surface area contributed by atoms with Crippen molar-refractivity contribution in [2.24, 2.45) is 0 Å². The average Bonchev–Trinajstić information content (AvgIpc) is 2.88. The first-order valence-electron chi connectivity index (χ1n) is 6.25. The molecule has 19 heavy (non-hydrogen) atoms. The van der Waals surface area contributed by atoms with Crippen LogP contribution in [0.4, 0.5) is 5.82 Å². The number of nitrogens with zero attached hydrogens (tertiary/aromatic N) is 3. The Hall–Kier alpha value is -2.18. The normalized spacial score (nSPS) is 18.4. The lowest BCUT2D eigenvalue weighted by Crippen LogP contribution is -2.36. The minimum atomic E-state index is -0.855. The highest BCUT2D eigenvalue weighted by molar-refractivity contribution is 5.92. The molecule has 2 heterocycles. The number of aliphatic carboxylic acids is 1. The van der Waals surface area contributed by atoms with Crippen LogP contribution < -0.4 is 10.2 Å². The zero-order chi connectivity index (χ0) is 13.8. The van der Waals surface area contributed by atoms with Crippen molar-refractivity contribution in [2.75, 3.05) is 18.0 Å². The van der Waals surface area contributed by atoms with Gasteiger partial charge in [-0.1, -0.05) is 0 Å². The first-order valence-corrected chi connectivity index (χ1v) is 6.25. The Bertz CT molecular complexity index is 474. The Balaban J connectivity index is 2.14. The van der Waals surface area contributed by atoms with Gasteiger partial charge in [-0.25, -0.2) is 4.79 Å². The molecule has 7 nitrogen and oxygen atoms in total. The molecule has 1 atom stereocenters. The number of carboxylic acids is 1. The first-order chi connectivity index (χ1) is 9.13. The highest BCUT2D eigenvalue weighted by atomic mass is 16.4. The molecule has 2 rings (SSSR count). The minimum absolute atomic E-state index is 0.233. The summed E-state index contributed by atoms with van der Waals surface area (Å²) in [6, 6.07) is 2.65. The van der Waals surface area contributed by atoms with Crippen LogP contribution in [-0.2, 0) is 4.79 Å². The van der Waals surface area contributed by atoms with Crippen molar-refractivity contribution in [1.82, 2.24) is 15.5 Å². The van der Waals surface area contributed by atoms with Crippen molar-refractivity contribution in [3.8, 4) is 0 Å². The minimum Gasteiger partial charge on any atom is -0.480 e. The van der Waals surface area contributed by atoms with E-state index in [1.165, 1.54) is 0 Å². The quantitative estimate of drug-likeness (QED) is 0.811. The van der Waals surface area contributed by atoms with E-state index >= 15 is 0 Å². The summed E-state index contributed by atoms with van der Waals surface area (Å²) in [5, 5.41) is 19.5. The van der Waals surface area contributed by atoms with Crippen molar-refractivity contribution in [1.29, 1.82) is 0 Å². The van der Waals surface area contributed by atoms with Gasteiger partial charge in [0.1, 0.15) is 6.04 Å². The largest absolute Gasteiger partial charge is 0.480 e. The Morgan fingerprint density at radius 2 is 2.26 bits per heavy atom. The highest BCUT2D eigenvalue weighted by Gasteiger charge is 2.31. The molecule has 102 valence electrons. The summed E-state index contributed by atoms with van der Waals surface area (Å²) in [6.07, 6.45) is 1.42. The van der Waals surface area contributed by atoms with Gasteiger partial charge in [0, 0.05) is 13.1 Å². The molecular formula is C12H16N4O3. The SMILES string of the molecule is CCNC(=O)c1ccc(N2CCCC2C(=O)O)nn1. The predicted octanol–water partition coefficient (Wildman–Crippen LogP) is 0.280. The van der Waals surface area contributed by atoms with Crippen LogP contribution in [0.1, 0.15) is 30.3 Å². The van der Waals surface area contributed by atoms with Gasteiger partial charge in [-0.2, -0.15) is 0 Å². The zero-order valence-corrected chi connectivity index (χ0v) is 10.7. The Labute approximate surface area is 110 Å². The van der Waals surface area contributed by atoms with Crippen LogP contribution in [0.25, 0.3) is 0 Å². The Morgan fingerprint density at radius 3 is 2.84 bits per heavy atom. The number of hydrogen-bond acceptors (Lipinski definition) is 5. The van der Waals surface area contributed by atoms with Crippen LogP contribution in [0.3, 0.4) is 0 Å². The smallest absolute Gasteiger partial charge is 0.326 e. The van der Waals surface area contributed by atoms with E-state index in [1.807, 2.05) is 6.92 Å². The maximum absolute atomic E-state index is 11.5. The third-order valence-corrected chi connectivity index (χ3v) is 3.05. The number of nitrogens with one attached hydrogen (secondary N) is 1. The van der Waals surface area contributed by atoms with E-state index in [1.54, 1.807) is 17.0 Å². The molecule has 1 unspecified atom stereocenters. The standard InChI is InChI=1S/C12H16N4O3/c1-2-13-11(17)8-5-6-10(15-14-8)16-7-3-4-9(16)12(18)19/h5-6,9H,2-4,7H2,1H3,(H,13,17)(H,18,19). The summed E-state index contributed by atoms with van der Waals surface area (Å²) in [5.41, 5.74) is 0.233. The molecule has 1 saturated heterocycles. The number of anilines is 1. The monoisotopic (exact) mass is 264 g/mol. The second kappa shape index (κ2) is 5.64. The fourth-order valence-corrected chi connectivity index (χ4v) is 2.15. The van der Waals surface area contributed by atoms with E-state index in [4.69, 9.17) is 5.11 Å². The molecule has 1 aromatic heterocycles. The summed E-state index contributed by atoms with van der Waals surface area (Å²) in [4.78, 5) is 24.3. The highest BCUT2D eigenvalue weighted by Crippen LogP contribution is 2.23. The lowest BCUT2D eigenvalue weighted by atomic mass is 10.2. The van der Waals surface area contributed by atoms with E-state index < -0.39 is 12.0 Å². The van der Waals surface area contributed by atoms with Gasteiger partial charge in [-0.05, 0) is 31.9 Å². The van der Waals surface area contributed by atoms with Crippen LogP contribution in [0, 0.1) is 0 Å². The van der Waals surface area contributed by atoms with Crippen LogP contribution in [0.5, 0.6) is 0 Å². The molecule has 0 bridgehead atoms. The molecule has 0 spiro atoms. The predicted molar refractivity (Wildman–Crippen MR) is 68.0 cm³/mol. The van der Waals surface area contributed by atoms with Crippen LogP contribution in [0.15, 0.2) is 12.1 Å². The molecular weight excluding hydrogens is 248 g/mol. The van der Waals surface area contributed by atoms with Gasteiger partial charge in [0.2, 0.25) is 0 Å². The third kappa shape index (κ3) is 2.81. The van der Waals surface area contributed by atoms with Gasteiger partial charge in [0.05, 0.1) is 0 Å². The average molecular weight is 264 g/mol. The second-order valence-electron chi connectivity index (χ2n) is 4.33. The van der Waals surface area contributed by atoms with E-state index in [-0.39, 0.29) is 11.6 Å². The number of carbonyl (C=O) groups excluding carboxylic acids is 1. The molecule has 0 aromatic carbocycles. The summed E-state index contributed by atoms with van der Waals surface area (Å²) >= 11 is 0. The third-order valence-electron chi connectivity index (χ3n) is 3.05. The Kier molecular flexibility index (Phi) is 3.94. The summed E-state index contributed by atoms with van der Waals surface area (Å²) < 4.78 is 0. The molecule has 1 aliphatic rings. The van der Waals surface area contributed by atoms with Crippen LogP contribution >= 0.6 is 0 Å². The molecule has 0 saturated carbocycles. The fourth-order valence-electron chi connectivity index (χ4n) is 2.15. The lowest BCUT2D eigenvalue weighted by molar-refractivity contribution is -0.138. The number of rotatable bonds is 4. The van der Waals surface area contributed by atoms with Gasteiger partial charge in [-0.15, -0.1) is 10.2 Å². The van der Waals surface area contributed by atoms with Crippen molar-refractivity contribution in [3.63, 3.8) is 0 Å². The zero-order valence-electron chi connectivity index (χ0n) is 10.7. The maximum Gasteiger partial charge on any atom is 0.326 e. The summed E-state index contributed by atoms with van der Waals surface area (Å²) in [7, 11) is 0. The maximum atomic E-state index is 11.5. The van der Waals surface area contributed by atoms with Crippen molar-refractivity contribution >= 4 is 17.7 Å². The van der Waals surface area contributed by atoms with E-state index in [9.17, 15) is 9.59 Å². The molecule has 1 fully saturated rings.